The third-order valence-electron chi connectivity index (χ3n) is 5.54. The summed E-state index contributed by atoms with van der Waals surface area (Å²) in [4.78, 5) is 2.14. The number of hydrogen-bond donors (Lipinski definition) is 1. The van der Waals surface area contributed by atoms with Crippen LogP contribution in [0, 0.1) is 0 Å². The minimum absolute atomic E-state index is 0.423. The van der Waals surface area contributed by atoms with Gasteiger partial charge in [-0.05, 0) is 73.6 Å². The molecule has 32 heavy (non-hydrogen) atoms. The summed E-state index contributed by atoms with van der Waals surface area (Å²) in [5, 5.41) is 11.9. The number of nitrogens with zero attached hydrogens (tertiary/aromatic N) is 1. The Morgan fingerprint density at radius 3 is 1.66 bits per heavy atom. The van der Waals surface area contributed by atoms with Crippen LogP contribution in [0.5, 0.6) is 17.2 Å². The first-order chi connectivity index (χ1) is 15.4. The molecule has 1 atom stereocenters. The van der Waals surface area contributed by atoms with Crippen LogP contribution in [0.2, 0.25) is 0 Å². The molecule has 0 fully saturated rings. The van der Waals surface area contributed by atoms with E-state index in [2.05, 4.69) is 19.0 Å². The SMILES string of the molecule is COc1ccc(C[C@@](O)(c2ccc(OC)cc2)c2ccc(OCCCN(C)C)cc2)cc1. The first kappa shape index (κ1) is 23.6. The summed E-state index contributed by atoms with van der Waals surface area (Å²) in [5.41, 5.74) is 1.41. The summed E-state index contributed by atoms with van der Waals surface area (Å²) in [6.07, 6.45) is 1.38. The van der Waals surface area contributed by atoms with Gasteiger partial charge in [0.15, 0.2) is 0 Å². The Bertz CT molecular complexity index is 952. The van der Waals surface area contributed by atoms with E-state index in [0.717, 1.165) is 46.9 Å². The number of benzene rings is 3. The molecule has 3 aromatic carbocycles. The molecule has 3 rings (SSSR count). The van der Waals surface area contributed by atoms with Crippen LogP contribution >= 0.6 is 0 Å². The van der Waals surface area contributed by atoms with E-state index in [4.69, 9.17) is 14.2 Å². The van der Waals surface area contributed by atoms with E-state index < -0.39 is 5.60 Å². The summed E-state index contributed by atoms with van der Waals surface area (Å²) in [5.74, 6) is 2.34. The van der Waals surface area contributed by atoms with E-state index in [1.807, 2.05) is 72.8 Å². The van der Waals surface area contributed by atoms with Gasteiger partial charge in [0.25, 0.3) is 0 Å². The van der Waals surface area contributed by atoms with Crippen LogP contribution < -0.4 is 14.2 Å². The first-order valence-electron chi connectivity index (χ1n) is 10.8. The monoisotopic (exact) mass is 435 g/mol. The number of ether oxygens (including phenoxy) is 3. The molecule has 1 N–H and O–H groups in total. The van der Waals surface area contributed by atoms with E-state index >= 15 is 0 Å². The zero-order chi connectivity index (χ0) is 23.0. The number of hydrogen-bond acceptors (Lipinski definition) is 5. The zero-order valence-electron chi connectivity index (χ0n) is 19.4. The fourth-order valence-corrected chi connectivity index (χ4v) is 3.67. The molecule has 0 heterocycles. The van der Waals surface area contributed by atoms with Crippen LogP contribution in [0.15, 0.2) is 72.8 Å². The molecule has 5 heteroatoms. The summed E-state index contributed by atoms with van der Waals surface area (Å²) >= 11 is 0. The van der Waals surface area contributed by atoms with Crippen LogP contribution in [0.3, 0.4) is 0 Å². The summed E-state index contributed by atoms with van der Waals surface area (Å²) < 4.78 is 16.4. The molecular weight excluding hydrogens is 402 g/mol. The highest BCUT2D eigenvalue weighted by atomic mass is 16.5. The smallest absolute Gasteiger partial charge is 0.119 e. The predicted octanol–water partition coefficient (Wildman–Crippen LogP) is 4.51. The fourth-order valence-electron chi connectivity index (χ4n) is 3.67. The molecule has 0 aliphatic heterocycles. The largest absolute Gasteiger partial charge is 0.497 e. The highest BCUT2D eigenvalue weighted by molar-refractivity contribution is 5.43. The van der Waals surface area contributed by atoms with E-state index in [1.165, 1.54) is 0 Å². The highest BCUT2D eigenvalue weighted by Gasteiger charge is 2.32. The van der Waals surface area contributed by atoms with Gasteiger partial charge in [0.05, 0.1) is 20.8 Å². The molecule has 0 aromatic heterocycles. The Morgan fingerprint density at radius 1 is 0.719 bits per heavy atom. The minimum Gasteiger partial charge on any atom is -0.497 e. The fraction of sp³-hybridized carbons (Fsp3) is 0.333. The lowest BCUT2D eigenvalue weighted by atomic mass is 9.81. The van der Waals surface area contributed by atoms with Gasteiger partial charge in [0.1, 0.15) is 22.8 Å². The third kappa shape index (κ3) is 6.02. The van der Waals surface area contributed by atoms with Gasteiger partial charge in [0.2, 0.25) is 0 Å². The average molecular weight is 436 g/mol. The van der Waals surface area contributed by atoms with Crippen molar-refractivity contribution in [2.24, 2.45) is 0 Å². The molecule has 0 bridgehead atoms. The van der Waals surface area contributed by atoms with Crippen LogP contribution in [0.25, 0.3) is 0 Å². The molecule has 0 aliphatic carbocycles. The van der Waals surface area contributed by atoms with Gasteiger partial charge in [0, 0.05) is 13.0 Å². The van der Waals surface area contributed by atoms with Crippen molar-refractivity contribution in [3.8, 4) is 17.2 Å². The van der Waals surface area contributed by atoms with Gasteiger partial charge < -0.3 is 24.2 Å². The maximum atomic E-state index is 11.9. The second-order valence-corrected chi connectivity index (χ2v) is 8.14. The number of rotatable bonds is 11. The van der Waals surface area contributed by atoms with E-state index in [0.29, 0.717) is 13.0 Å². The lowest BCUT2D eigenvalue weighted by Gasteiger charge is -2.30. The second-order valence-electron chi connectivity index (χ2n) is 8.14. The summed E-state index contributed by atoms with van der Waals surface area (Å²) in [7, 11) is 7.39. The maximum absolute atomic E-state index is 11.9. The van der Waals surface area contributed by atoms with Crippen LogP contribution in [0.1, 0.15) is 23.1 Å². The Kier molecular flexibility index (Phi) is 8.14. The Labute approximate surface area is 191 Å². The lowest BCUT2D eigenvalue weighted by Crippen LogP contribution is -2.30. The van der Waals surface area contributed by atoms with Crippen molar-refractivity contribution in [2.75, 3.05) is 41.5 Å². The van der Waals surface area contributed by atoms with E-state index in [-0.39, 0.29) is 0 Å². The van der Waals surface area contributed by atoms with Crippen molar-refractivity contribution in [1.29, 1.82) is 0 Å². The van der Waals surface area contributed by atoms with Crippen molar-refractivity contribution >= 4 is 0 Å². The Morgan fingerprint density at radius 2 is 1.19 bits per heavy atom. The molecule has 3 aromatic rings. The molecular formula is C27H33NO4. The molecule has 0 saturated heterocycles. The topological polar surface area (TPSA) is 51.2 Å². The summed E-state index contributed by atoms with van der Waals surface area (Å²) in [6.45, 7) is 1.64. The van der Waals surface area contributed by atoms with Gasteiger partial charge in [-0.15, -0.1) is 0 Å². The van der Waals surface area contributed by atoms with Crippen LogP contribution in [-0.2, 0) is 12.0 Å². The van der Waals surface area contributed by atoms with Crippen LogP contribution in [0.4, 0.5) is 0 Å². The van der Waals surface area contributed by atoms with Crippen molar-refractivity contribution in [3.63, 3.8) is 0 Å². The zero-order valence-corrected chi connectivity index (χ0v) is 19.4. The molecule has 0 amide bonds. The Hall–Kier alpha value is -3.02. The maximum Gasteiger partial charge on any atom is 0.119 e. The number of methoxy groups -OCH3 is 2. The standard InChI is InChI=1S/C27H33NO4/c1-28(2)18-5-19-32-26-16-10-23(11-17-26)27(29,22-8-14-25(31-4)15-9-22)20-21-6-12-24(30-3)13-7-21/h6-17,29H,5,18-20H2,1-4H3/t27-/m1/s1. The molecule has 0 saturated carbocycles. The third-order valence-corrected chi connectivity index (χ3v) is 5.54. The quantitative estimate of drug-likeness (QED) is 0.449. The average Bonchev–Trinajstić information content (AvgIpc) is 2.82. The molecule has 0 radical (unpaired) electrons. The number of aliphatic hydroxyl groups is 1. The van der Waals surface area contributed by atoms with Gasteiger partial charge in [-0.3, -0.25) is 0 Å². The van der Waals surface area contributed by atoms with Gasteiger partial charge in [-0.25, -0.2) is 0 Å². The molecule has 170 valence electrons. The van der Waals surface area contributed by atoms with Crippen LogP contribution in [-0.4, -0.2) is 51.5 Å². The highest BCUT2D eigenvalue weighted by Crippen LogP contribution is 2.35. The first-order valence-corrected chi connectivity index (χ1v) is 10.8. The Balaban J connectivity index is 1.85. The van der Waals surface area contributed by atoms with E-state index in [9.17, 15) is 5.11 Å². The lowest BCUT2D eigenvalue weighted by molar-refractivity contribution is 0.0810. The second kappa shape index (κ2) is 11.0. The summed E-state index contributed by atoms with van der Waals surface area (Å²) in [6, 6.07) is 23.1. The molecule has 0 spiro atoms. The molecule has 0 unspecified atom stereocenters. The van der Waals surface area contributed by atoms with Gasteiger partial charge in [-0.2, -0.15) is 0 Å². The van der Waals surface area contributed by atoms with Crippen molar-refractivity contribution in [2.45, 2.75) is 18.4 Å². The van der Waals surface area contributed by atoms with E-state index in [1.54, 1.807) is 14.2 Å². The normalized spacial score (nSPS) is 12.9. The molecule has 5 nitrogen and oxygen atoms in total. The van der Waals surface area contributed by atoms with Crippen molar-refractivity contribution in [3.05, 3.63) is 89.5 Å². The minimum atomic E-state index is -1.20. The van der Waals surface area contributed by atoms with Gasteiger partial charge >= 0.3 is 0 Å². The van der Waals surface area contributed by atoms with Crippen molar-refractivity contribution < 1.29 is 19.3 Å². The molecule has 0 aliphatic rings. The predicted molar refractivity (Wildman–Crippen MR) is 128 cm³/mol. The van der Waals surface area contributed by atoms with Gasteiger partial charge in [-0.1, -0.05) is 36.4 Å². The van der Waals surface area contributed by atoms with Crippen molar-refractivity contribution in [1.82, 2.24) is 4.90 Å².